The highest BCUT2D eigenvalue weighted by molar-refractivity contribution is 7.92. The molecule has 0 aromatic heterocycles. The molecule has 218 valence electrons. The van der Waals surface area contributed by atoms with Gasteiger partial charge in [0.1, 0.15) is 12.6 Å². The van der Waals surface area contributed by atoms with E-state index in [-0.39, 0.29) is 29.5 Å². The number of sulfonamides is 1. The van der Waals surface area contributed by atoms with Crippen LogP contribution in [0.2, 0.25) is 10.0 Å². The largest absolute Gasteiger partial charge is 0.355 e. The van der Waals surface area contributed by atoms with Crippen LogP contribution < -0.4 is 9.62 Å². The second-order valence-corrected chi connectivity index (χ2v) is 12.3. The summed E-state index contributed by atoms with van der Waals surface area (Å²) in [7, 11) is -4.24. The summed E-state index contributed by atoms with van der Waals surface area (Å²) in [4.78, 5) is 29.1. The van der Waals surface area contributed by atoms with Crippen LogP contribution in [-0.2, 0) is 32.6 Å². The van der Waals surface area contributed by atoms with Crippen LogP contribution in [0.1, 0.15) is 18.1 Å². The third kappa shape index (κ3) is 7.91. The minimum Gasteiger partial charge on any atom is -0.355 e. The van der Waals surface area contributed by atoms with Crippen molar-refractivity contribution in [2.45, 2.75) is 30.8 Å². The summed E-state index contributed by atoms with van der Waals surface area (Å²) < 4.78 is 28.9. The standard InChI is InChI=1S/C32H31Cl2N3O4S/c1-2-35-32(39)30(20-24-10-5-3-6-11-24)36(22-25-12-7-4-8-13-25)31(38)23-37(28-15-9-14-27(34)21-28)42(40,41)29-18-16-26(33)17-19-29/h3-19,21,30H,2,20,22-23H2,1H3,(H,35,39)/t30-/m0/s1. The molecule has 0 saturated heterocycles. The first-order chi connectivity index (χ1) is 20.2. The molecule has 10 heteroatoms. The number of hydrogen-bond donors (Lipinski definition) is 1. The average Bonchev–Trinajstić information content (AvgIpc) is 2.99. The van der Waals surface area contributed by atoms with Gasteiger partial charge in [-0.05, 0) is 60.5 Å². The van der Waals surface area contributed by atoms with E-state index in [4.69, 9.17) is 23.2 Å². The number of amides is 2. The van der Waals surface area contributed by atoms with Gasteiger partial charge in [0.05, 0.1) is 10.6 Å². The lowest BCUT2D eigenvalue weighted by atomic mass is 10.0. The van der Waals surface area contributed by atoms with Crippen LogP contribution >= 0.6 is 23.2 Å². The first-order valence-electron chi connectivity index (χ1n) is 13.4. The van der Waals surface area contributed by atoms with Crippen LogP contribution in [0.4, 0.5) is 5.69 Å². The predicted molar refractivity (Wildman–Crippen MR) is 167 cm³/mol. The fraction of sp³-hybridized carbons (Fsp3) is 0.188. The van der Waals surface area contributed by atoms with E-state index < -0.39 is 28.5 Å². The topological polar surface area (TPSA) is 86.8 Å². The van der Waals surface area contributed by atoms with E-state index in [1.54, 1.807) is 25.1 Å². The molecule has 7 nitrogen and oxygen atoms in total. The predicted octanol–water partition coefficient (Wildman–Crippen LogP) is 5.96. The van der Waals surface area contributed by atoms with Crippen LogP contribution in [0.25, 0.3) is 0 Å². The number of hydrogen-bond acceptors (Lipinski definition) is 4. The Morgan fingerprint density at radius 3 is 2.00 bits per heavy atom. The number of anilines is 1. The van der Waals surface area contributed by atoms with E-state index in [0.717, 1.165) is 15.4 Å². The molecule has 0 radical (unpaired) electrons. The molecule has 0 saturated carbocycles. The van der Waals surface area contributed by atoms with Crippen molar-refractivity contribution in [2.24, 2.45) is 0 Å². The molecule has 0 unspecified atom stereocenters. The Morgan fingerprint density at radius 1 is 0.786 bits per heavy atom. The summed E-state index contributed by atoms with van der Waals surface area (Å²) in [6.45, 7) is 1.71. The van der Waals surface area contributed by atoms with Crippen molar-refractivity contribution in [3.63, 3.8) is 0 Å². The van der Waals surface area contributed by atoms with Crippen LogP contribution in [0.5, 0.6) is 0 Å². The van der Waals surface area contributed by atoms with Gasteiger partial charge in [0.2, 0.25) is 11.8 Å². The maximum Gasteiger partial charge on any atom is 0.264 e. The summed E-state index contributed by atoms with van der Waals surface area (Å²) in [5, 5.41) is 3.53. The number of halogens is 2. The zero-order valence-electron chi connectivity index (χ0n) is 23.0. The number of nitrogens with one attached hydrogen (secondary N) is 1. The van der Waals surface area contributed by atoms with Gasteiger partial charge in [-0.3, -0.25) is 13.9 Å². The maximum absolute atomic E-state index is 14.3. The van der Waals surface area contributed by atoms with Crippen LogP contribution in [0, 0.1) is 0 Å². The lowest BCUT2D eigenvalue weighted by molar-refractivity contribution is -0.140. The lowest BCUT2D eigenvalue weighted by Gasteiger charge is -2.33. The van der Waals surface area contributed by atoms with Gasteiger partial charge in [-0.15, -0.1) is 0 Å². The average molecular weight is 625 g/mol. The second kappa shape index (κ2) is 14.4. The molecule has 0 aliphatic heterocycles. The normalized spacial score (nSPS) is 11.9. The van der Waals surface area contributed by atoms with Gasteiger partial charge in [-0.2, -0.15) is 0 Å². The molecule has 42 heavy (non-hydrogen) atoms. The van der Waals surface area contributed by atoms with Gasteiger partial charge in [-0.1, -0.05) is 89.9 Å². The molecule has 4 aromatic carbocycles. The van der Waals surface area contributed by atoms with Gasteiger partial charge in [0.15, 0.2) is 0 Å². The molecular formula is C32H31Cl2N3O4S. The Labute approximate surface area is 256 Å². The van der Waals surface area contributed by atoms with Gasteiger partial charge >= 0.3 is 0 Å². The van der Waals surface area contributed by atoms with Gasteiger partial charge in [0.25, 0.3) is 10.0 Å². The Bertz CT molecular complexity index is 1600. The van der Waals surface area contributed by atoms with Crippen molar-refractivity contribution < 1.29 is 18.0 Å². The van der Waals surface area contributed by atoms with E-state index in [1.807, 2.05) is 60.7 Å². The van der Waals surface area contributed by atoms with Crippen molar-refractivity contribution in [3.05, 3.63) is 130 Å². The van der Waals surface area contributed by atoms with E-state index in [1.165, 1.54) is 35.2 Å². The summed E-state index contributed by atoms with van der Waals surface area (Å²) in [6.07, 6.45) is 0.242. The molecule has 0 aliphatic rings. The Morgan fingerprint density at radius 2 is 1.40 bits per heavy atom. The summed E-state index contributed by atoms with van der Waals surface area (Å²) in [5.74, 6) is -0.885. The molecule has 2 amide bonds. The van der Waals surface area contributed by atoms with E-state index >= 15 is 0 Å². The number of nitrogens with zero attached hydrogens (tertiary/aromatic N) is 2. The molecule has 0 aliphatic carbocycles. The Hall–Kier alpha value is -3.85. The van der Waals surface area contributed by atoms with Crippen LogP contribution in [-0.4, -0.2) is 44.3 Å². The lowest BCUT2D eigenvalue weighted by Crippen LogP contribution is -2.53. The van der Waals surface area contributed by atoms with Crippen molar-refractivity contribution in [1.82, 2.24) is 10.2 Å². The molecule has 4 rings (SSSR count). The van der Waals surface area contributed by atoms with Gasteiger partial charge in [-0.25, -0.2) is 8.42 Å². The fourth-order valence-electron chi connectivity index (χ4n) is 4.52. The number of likely N-dealkylation sites (N-methyl/N-ethyl adjacent to an activating group) is 1. The van der Waals surface area contributed by atoms with Crippen LogP contribution in [0.3, 0.4) is 0 Å². The van der Waals surface area contributed by atoms with Crippen molar-refractivity contribution in [1.29, 1.82) is 0 Å². The molecule has 0 fully saturated rings. The highest BCUT2D eigenvalue weighted by Crippen LogP contribution is 2.28. The number of carbonyl (C=O) groups excluding carboxylic acids is 2. The van der Waals surface area contributed by atoms with Crippen molar-refractivity contribution in [2.75, 3.05) is 17.4 Å². The fourth-order valence-corrected chi connectivity index (χ4v) is 6.24. The Balaban J connectivity index is 1.78. The van der Waals surface area contributed by atoms with E-state index in [9.17, 15) is 18.0 Å². The first-order valence-corrected chi connectivity index (χ1v) is 15.6. The highest BCUT2D eigenvalue weighted by atomic mass is 35.5. The van der Waals surface area contributed by atoms with E-state index in [2.05, 4.69) is 5.32 Å². The zero-order valence-corrected chi connectivity index (χ0v) is 25.3. The highest BCUT2D eigenvalue weighted by Gasteiger charge is 2.34. The third-order valence-corrected chi connectivity index (χ3v) is 8.87. The number of rotatable bonds is 12. The number of benzene rings is 4. The summed E-state index contributed by atoms with van der Waals surface area (Å²) in [5.41, 5.74) is 1.87. The monoisotopic (exact) mass is 623 g/mol. The van der Waals surface area contributed by atoms with Crippen molar-refractivity contribution >= 4 is 50.7 Å². The molecule has 1 N–H and O–H groups in total. The maximum atomic E-state index is 14.3. The van der Waals surface area contributed by atoms with E-state index in [0.29, 0.717) is 16.6 Å². The van der Waals surface area contributed by atoms with Crippen LogP contribution in [0.15, 0.2) is 114 Å². The summed E-state index contributed by atoms with van der Waals surface area (Å²) >= 11 is 12.3. The smallest absolute Gasteiger partial charge is 0.264 e. The molecule has 0 spiro atoms. The van der Waals surface area contributed by atoms with Gasteiger partial charge < -0.3 is 10.2 Å². The molecule has 0 bridgehead atoms. The molecular weight excluding hydrogens is 593 g/mol. The molecule has 4 aromatic rings. The van der Waals surface area contributed by atoms with Gasteiger partial charge in [0, 0.05) is 29.6 Å². The minimum atomic E-state index is -4.24. The second-order valence-electron chi connectivity index (χ2n) is 9.55. The molecule has 1 atom stereocenters. The SMILES string of the molecule is CCNC(=O)[C@H](Cc1ccccc1)N(Cc1ccccc1)C(=O)CN(c1cccc(Cl)c1)S(=O)(=O)c1ccc(Cl)cc1. The molecule has 0 heterocycles. The van der Waals surface area contributed by atoms with Crippen molar-refractivity contribution in [3.8, 4) is 0 Å². The minimum absolute atomic E-state index is 0.0427. The Kier molecular flexibility index (Phi) is 10.6. The quantitative estimate of drug-likeness (QED) is 0.211. The summed E-state index contributed by atoms with van der Waals surface area (Å²) in [6, 6.07) is 29.7. The zero-order chi connectivity index (χ0) is 30.1. The number of carbonyl (C=O) groups is 2. The first kappa shape index (κ1) is 31.1. The third-order valence-electron chi connectivity index (χ3n) is 6.59.